The lowest BCUT2D eigenvalue weighted by Gasteiger charge is -2.09. The maximum absolute atomic E-state index is 12.7. The fraction of sp³-hybridized carbons (Fsp3) is 0.150. The maximum atomic E-state index is 12.7. The zero-order chi connectivity index (χ0) is 21.7. The van der Waals surface area contributed by atoms with Crippen molar-refractivity contribution in [2.24, 2.45) is 0 Å². The van der Waals surface area contributed by atoms with Crippen LogP contribution in [0, 0.1) is 0 Å². The van der Waals surface area contributed by atoms with Crippen LogP contribution in [0.2, 0.25) is 5.02 Å². The molecule has 0 saturated heterocycles. The van der Waals surface area contributed by atoms with E-state index in [9.17, 15) is 18.0 Å². The fourth-order valence-corrected chi connectivity index (χ4v) is 3.87. The molecule has 0 radical (unpaired) electrons. The van der Waals surface area contributed by atoms with Gasteiger partial charge < -0.3 is 10.1 Å². The minimum atomic E-state index is -3.98. The summed E-state index contributed by atoms with van der Waals surface area (Å²) < 4.78 is 31.6. The number of halogens is 1. The molecule has 3 rings (SSSR count). The molecule has 0 fully saturated rings. The second-order valence-electron chi connectivity index (χ2n) is 6.13. The number of sulfone groups is 1. The lowest BCUT2D eigenvalue weighted by molar-refractivity contribution is -0.117. The van der Waals surface area contributed by atoms with Gasteiger partial charge in [-0.05, 0) is 61.5 Å². The second-order valence-corrected chi connectivity index (χ2v) is 8.46. The summed E-state index contributed by atoms with van der Waals surface area (Å²) in [6.07, 6.45) is 0. The van der Waals surface area contributed by atoms with Gasteiger partial charge in [0.15, 0.2) is 5.03 Å². The molecule has 1 heterocycles. The largest absolute Gasteiger partial charge is 0.494 e. The van der Waals surface area contributed by atoms with Crippen molar-refractivity contribution in [2.45, 2.75) is 23.4 Å². The number of amides is 1. The van der Waals surface area contributed by atoms with E-state index >= 15 is 0 Å². The van der Waals surface area contributed by atoms with Crippen molar-refractivity contribution in [3.8, 4) is 5.75 Å². The second kappa shape index (κ2) is 9.10. The van der Waals surface area contributed by atoms with E-state index in [-0.39, 0.29) is 9.92 Å². The molecule has 1 N–H and O–H groups in total. The zero-order valence-electron chi connectivity index (χ0n) is 15.9. The van der Waals surface area contributed by atoms with Crippen molar-refractivity contribution < 1.29 is 17.9 Å². The van der Waals surface area contributed by atoms with Gasteiger partial charge in [0, 0.05) is 16.8 Å². The quantitative estimate of drug-likeness (QED) is 0.596. The molecule has 0 aliphatic rings. The number of nitrogens with one attached hydrogen (secondary N) is 1. The van der Waals surface area contributed by atoms with Gasteiger partial charge in [-0.15, -0.1) is 0 Å². The van der Waals surface area contributed by atoms with Gasteiger partial charge in [0.2, 0.25) is 15.7 Å². The number of ether oxygens (including phenoxy) is 1. The minimum Gasteiger partial charge on any atom is -0.494 e. The predicted octanol–water partition coefficient (Wildman–Crippen LogP) is 2.77. The van der Waals surface area contributed by atoms with E-state index in [2.05, 4.69) is 10.4 Å². The molecule has 0 bridgehead atoms. The molecule has 8 nitrogen and oxygen atoms in total. The maximum Gasteiger partial charge on any atom is 0.267 e. The number of carbonyl (C=O) groups is 1. The lowest BCUT2D eigenvalue weighted by atomic mass is 10.3. The summed E-state index contributed by atoms with van der Waals surface area (Å²) in [5.41, 5.74) is -0.103. The average molecular weight is 448 g/mol. The van der Waals surface area contributed by atoms with E-state index in [1.807, 2.05) is 6.92 Å². The first kappa shape index (κ1) is 21.5. The van der Waals surface area contributed by atoms with E-state index in [4.69, 9.17) is 16.3 Å². The Labute approximate surface area is 178 Å². The lowest BCUT2D eigenvalue weighted by Crippen LogP contribution is -2.30. The topological polar surface area (TPSA) is 107 Å². The highest BCUT2D eigenvalue weighted by molar-refractivity contribution is 7.91. The van der Waals surface area contributed by atoms with Gasteiger partial charge in [0.05, 0.1) is 11.5 Å². The molecule has 0 unspecified atom stereocenters. The highest BCUT2D eigenvalue weighted by Gasteiger charge is 2.21. The molecule has 30 heavy (non-hydrogen) atoms. The predicted molar refractivity (Wildman–Crippen MR) is 112 cm³/mol. The number of hydrogen-bond acceptors (Lipinski definition) is 6. The smallest absolute Gasteiger partial charge is 0.267 e. The Hall–Kier alpha value is -3.17. The summed E-state index contributed by atoms with van der Waals surface area (Å²) in [7, 11) is -3.98. The number of carbonyl (C=O) groups excluding carboxylic acids is 1. The van der Waals surface area contributed by atoms with Crippen LogP contribution < -0.4 is 15.6 Å². The Morgan fingerprint density at radius 2 is 1.73 bits per heavy atom. The Balaban J connectivity index is 1.79. The summed E-state index contributed by atoms with van der Waals surface area (Å²) >= 11 is 5.79. The summed E-state index contributed by atoms with van der Waals surface area (Å²) in [4.78, 5) is 24.4. The van der Waals surface area contributed by atoms with Crippen LogP contribution in [0.4, 0.5) is 5.69 Å². The van der Waals surface area contributed by atoms with Gasteiger partial charge in [0.1, 0.15) is 12.3 Å². The first-order chi connectivity index (χ1) is 14.3. The molecule has 2 aromatic carbocycles. The van der Waals surface area contributed by atoms with Gasteiger partial charge in [-0.1, -0.05) is 11.6 Å². The Morgan fingerprint density at radius 3 is 2.37 bits per heavy atom. The van der Waals surface area contributed by atoms with Crippen LogP contribution in [-0.2, 0) is 21.2 Å². The molecule has 0 saturated carbocycles. The molecule has 3 aromatic rings. The van der Waals surface area contributed by atoms with Crippen LogP contribution in [0.1, 0.15) is 6.92 Å². The van der Waals surface area contributed by atoms with Crippen LogP contribution in [0.5, 0.6) is 5.75 Å². The van der Waals surface area contributed by atoms with E-state index in [1.165, 1.54) is 24.3 Å². The van der Waals surface area contributed by atoms with Crippen LogP contribution in [0.3, 0.4) is 0 Å². The molecular formula is C20H18ClN3O5S. The third-order valence-corrected chi connectivity index (χ3v) is 5.90. The van der Waals surface area contributed by atoms with Crippen molar-refractivity contribution in [1.29, 1.82) is 0 Å². The van der Waals surface area contributed by atoms with Crippen molar-refractivity contribution in [2.75, 3.05) is 11.9 Å². The molecule has 10 heteroatoms. The Kier molecular flexibility index (Phi) is 6.53. The molecule has 1 amide bonds. The number of aromatic nitrogens is 2. The van der Waals surface area contributed by atoms with Crippen LogP contribution in [0.15, 0.2) is 75.4 Å². The average Bonchev–Trinajstić information content (AvgIpc) is 2.71. The van der Waals surface area contributed by atoms with E-state index in [0.717, 1.165) is 16.8 Å². The highest BCUT2D eigenvalue weighted by atomic mass is 35.5. The van der Waals surface area contributed by atoms with E-state index in [0.29, 0.717) is 23.1 Å². The molecule has 0 atom stereocenters. The third-order valence-electron chi connectivity index (χ3n) is 3.98. The fourth-order valence-electron chi connectivity index (χ4n) is 2.56. The normalized spacial score (nSPS) is 11.1. The third kappa shape index (κ3) is 5.05. The van der Waals surface area contributed by atoms with Gasteiger partial charge in [0.25, 0.3) is 5.56 Å². The van der Waals surface area contributed by atoms with E-state index in [1.54, 1.807) is 24.3 Å². The molecule has 0 spiro atoms. The molecule has 156 valence electrons. The highest BCUT2D eigenvalue weighted by Crippen LogP contribution is 2.20. The van der Waals surface area contributed by atoms with Crippen LogP contribution >= 0.6 is 11.6 Å². The van der Waals surface area contributed by atoms with Crippen LogP contribution in [-0.4, -0.2) is 30.7 Å². The summed E-state index contributed by atoms with van der Waals surface area (Å²) in [6, 6.07) is 14.4. The van der Waals surface area contributed by atoms with Crippen molar-refractivity contribution in [3.63, 3.8) is 0 Å². The zero-order valence-corrected chi connectivity index (χ0v) is 17.5. The first-order valence-corrected chi connectivity index (χ1v) is 10.8. The van der Waals surface area contributed by atoms with Crippen LogP contribution in [0.25, 0.3) is 0 Å². The van der Waals surface area contributed by atoms with Gasteiger partial charge in [-0.2, -0.15) is 5.10 Å². The number of hydrogen-bond donors (Lipinski definition) is 1. The molecular weight excluding hydrogens is 430 g/mol. The van der Waals surface area contributed by atoms with Crippen molar-refractivity contribution >= 4 is 33.0 Å². The van der Waals surface area contributed by atoms with Gasteiger partial charge >= 0.3 is 0 Å². The van der Waals surface area contributed by atoms with Crippen molar-refractivity contribution in [1.82, 2.24) is 9.78 Å². The van der Waals surface area contributed by atoms with Crippen molar-refractivity contribution in [3.05, 3.63) is 76.0 Å². The number of nitrogens with zero attached hydrogens (tertiary/aromatic N) is 2. The number of benzene rings is 2. The summed E-state index contributed by atoms with van der Waals surface area (Å²) in [5, 5.41) is 6.53. The Bertz CT molecular complexity index is 1210. The van der Waals surface area contributed by atoms with E-state index < -0.39 is 27.8 Å². The molecule has 0 aliphatic heterocycles. The Morgan fingerprint density at radius 1 is 1.07 bits per heavy atom. The molecule has 0 aliphatic carbocycles. The standard InChI is InChI=1S/C20H18ClN3O5S/c1-2-29-16-7-5-15(6-8-16)22-18(25)13-24-20(26)12-11-19(23-24)30(27,28)17-9-3-14(21)4-10-17/h3-12H,2,13H2,1H3,(H,22,25). The van der Waals surface area contributed by atoms with Gasteiger partial charge in [-0.25, -0.2) is 13.1 Å². The summed E-state index contributed by atoms with van der Waals surface area (Å²) in [5.74, 6) is 0.128. The minimum absolute atomic E-state index is 0.0246. The SMILES string of the molecule is CCOc1ccc(NC(=O)Cn2nc(S(=O)(=O)c3ccc(Cl)cc3)ccc2=O)cc1. The van der Waals surface area contributed by atoms with Gasteiger partial charge in [-0.3, -0.25) is 9.59 Å². The first-order valence-electron chi connectivity index (χ1n) is 8.91. The number of rotatable bonds is 7. The monoisotopic (exact) mass is 447 g/mol. The molecule has 1 aromatic heterocycles. The summed E-state index contributed by atoms with van der Waals surface area (Å²) in [6.45, 7) is 1.94. The number of anilines is 1.